The first kappa shape index (κ1) is 14.5. The number of rotatable bonds is 3. The van der Waals surface area contributed by atoms with E-state index in [2.05, 4.69) is 22.3 Å². The van der Waals surface area contributed by atoms with Crippen molar-refractivity contribution in [2.45, 2.75) is 19.1 Å². The highest BCUT2D eigenvalue weighted by Gasteiger charge is 2.23. The molecule has 0 fully saturated rings. The van der Waals surface area contributed by atoms with Crippen LogP contribution in [0.2, 0.25) is 0 Å². The molecule has 0 saturated carbocycles. The molecule has 2 heterocycles. The maximum absolute atomic E-state index is 12.3. The van der Waals surface area contributed by atoms with Gasteiger partial charge in [-0.1, -0.05) is 24.3 Å². The van der Waals surface area contributed by atoms with E-state index in [1.165, 1.54) is 23.3 Å². The van der Waals surface area contributed by atoms with Gasteiger partial charge in [0, 0.05) is 26.1 Å². The van der Waals surface area contributed by atoms with Crippen molar-refractivity contribution < 1.29 is 9.53 Å². The third kappa shape index (κ3) is 3.07. The van der Waals surface area contributed by atoms with E-state index in [1.54, 1.807) is 11.9 Å². The number of aromatic amines is 1. The predicted molar refractivity (Wildman–Crippen MR) is 80.5 cm³/mol. The van der Waals surface area contributed by atoms with E-state index in [-0.39, 0.29) is 23.3 Å². The first-order valence-corrected chi connectivity index (χ1v) is 7.13. The summed E-state index contributed by atoms with van der Waals surface area (Å²) < 4.78 is 5.81. The van der Waals surface area contributed by atoms with E-state index in [0.717, 1.165) is 6.42 Å². The fourth-order valence-corrected chi connectivity index (χ4v) is 2.57. The lowest BCUT2D eigenvalue weighted by atomic mass is 9.99. The summed E-state index contributed by atoms with van der Waals surface area (Å²) in [5.41, 5.74) is 2.36. The molecule has 1 aromatic carbocycles. The van der Waals surface area contributed by atoms with Crippen LogP contribution in [0.3, 0.4) is 0 Å². The topological polar surface area (TPSA) is 75.3 Å². The summed E-state index contributed by atoms with van der Waals surface area (Å²) in [6.07, 6.45) is 0.749. The monoisotopic (exact) mass is 299 g/mol. The van der Waals surface area contributed by atoms with Gasteiger partial charge in [0.2, 0.25) is 0 Å². The molecule has 0 aliphatic carbocycles. The summed E-state index contributed by atoms with van der Waals surface area (Å²) in [5.74, 6) is -0.237. The minimum absolute atomic E-state index is 0.0355. The van der Waals surface area contributed by atoms with Gasteiger partial charge in [-0.2, -0.15) is 5.10 Å². The molecule has 0 radical (unpaired) electrons. The molecule has 6 heteroatoms. The lowest BCUT2D eigenvalue weighted by molar-refractivity contribution is 0.00969. The summed E-state index contributed by atoms with van der Waals surface area (Å²) in [6.45, 7) is 1.05. The normalized spacial score (nSPS) is 16.9. The highest BCUT2D eigenvalue weighted by molar-refractivity contribution is 5.91. The number of benzene rings is 1. The molecule has 1 amide bonds. The Morgan fingerprint density at radius 3 is 2.82 bits per heavy atom. The van der Waals surface area contributed by atoms with Crippen LogP contribution >= 0.6 is 0 Å². The Labute approximate surface area is 127 Å². The quantitative estimate of drug-likeness (QED) is 0.917. The number of H-pyrrole nitrogens is 1. The van der Waals surface area contributed by atoms with E-state index in [9.17, 15) is 9.59 Å². The maximum Gasteiger partial charge on any atom is 0.274 e. The Hall–Kier alpha value is -2.47. The van der Waals surface area contributed by atoms with Crippen molar-refractivity contribution in [1.82, 2.24) is 15.1 Å². The molecule has 0 spiro atoms. The van der Waals surface area contributed by atoms with Crippen molar-refractivity contribution >= 4 is 5.91 Å². The predicted octanol–water partition coefficient (Wildman–Crippen LogP) is 0.983. The molecular formula is C16H17N3O3. The van der Waals surface area contributed by atoms with Gasteiger partial charge in [0.05, 0.1) is 12.7 Å². The van der Waals surface area contributed by atoms with Crippen molar-refractivity contribution in [2.24, 2.45) is 0 Å². The fraction of sp³-hybridized carbons (Fsp3) is 0.312. The van der Waals surface area contributed by atoms with Gasteiger partial charge in [-0.25, -0.2) is 5.10 Å². The van der Waals surface area contributed by atoms with Crippen molar-refractivity contribution in [1.29, 1.82) is 0 Å². The molecule has 3 rings (SSSR count). The van der Waals surface area contributed by atoms with Crippen molar-refractivity contribution in [2.75, 3.05) is 13.6 Å². The Morgan fingerprint density at radius 2 is 2.09 bits per heavy atom. The number of nitrogens with zero attached hydrogens (tertiary/aromatic N) is 2. The van der Waals surface area contributed by atoms with E-state index < -0.39 is 0 Å². The van der Waals surface area contributed by atoms with Crippen molar-refractivity contribution in [3.05, 3.63) is 63.6 Å². The SMILES string of the molecule is CN(C[C@H]1Cc2ccccc2CO1)C(=O)c1ccc(=O)[nH]n1. The number of hydrogen-bond donors (Lipinski definition) is 1. The second-order valence-corrected chi connectivity index (χ2v) is 5.40. The average molecular weight is 299 g/mol. The van der Waals surface area contributed by atoms with Gasteiger partial charge in [-0.3, -0.25) is 9.59 Å². The van der Waals surface area contributed by atoms with Crippen LogP contribution in [0.1, 0.15) is 21.6 Å². The van der Waals surface area contributed by atoms with Crippen molar-refractivity contribution in [3.8, 4) is 0 Å². The molecule has 0 bridgehead atoms. The zero-order chi connectivity index (χ0) is 15.5. The standard InChI is InChI=1S/C16H17N3O3/c1-19(16(21)14-6-7-15(20)18-17-14)9-13-8-11-4-2-3-5-12(11)10-22-13/h2-7,13H,8-10H2,1H3,(H,18,20)/t13-/m1/s1. The van der Waals surface area contributed by atoms with Crippen LogP contribution in [0.25, 0.3) is 0 Å². The smallest absolute Gasteiger partial charge is 0.274 e. The maximum atomic E-state index is 12.3. The summed E-state index contributed by atoms with van der Waals surface area (Å²) in [6, 6.07) is 10.9. The number of amides is 1. The van der Waals surface area contributed by atoms with Crippen LogP contribution < -0.4 is 5.56 Å². The van der Waals surface area contributed by atoms with E-state index in [4.69, 9.17) is 4.74 Å². The van der Waals surface area contributed by atoms with Gasteiger partial charge in [-0.05, 0) is 17.2 Å². The molecule has 114 valence electrons. The zero-order valence-electron chi connectivity index (χ0n) is 12.3. The highest BCUT2D eigenvalue weighted by atomic mass is 16.5. The van der Waals surface area contributed by atoms with Crippen LogP contribution in [0.15, 0.2) is 41.2 Å². The highest BCUT2D eigenvalue weighted by Crippen LogP contribution is 2.20. The second kappa shape index (κ2) is 6.11. The van der Waals surface area contributed by atoms with Crippen LogP contribution in [-0.2, 0) is 17.8 Å². The summed E-state index contributed by atoms with van der Waals surface area (Å²) in [5, 5.41) is 6.03. The zero-order valence-corrected chi connectivity index (χ0v) is 12.3. The minimum Gasteiger partial charge on any atom is -0.371 e. The summed E-state index contributed by atoms with van der Waals surface area (Å²) >= 11 is 0. The largest absolute Gasteiger partial charge is 0.371 e. The number of fused-ring (bicyclic) bond motifs is 1. The number of likely N-dealkylation sites (N-methyl/N-ethyl adjacent to an activating group) is 1. The van der Waals surface area contributed by atoms with Gasteiger partial charge in [-0.15, -0.1) is 0 Å². The number of carbonyl (C=O) groups is 1. The molecule has 1 aliphatic rings. The average Bonchev–Trinajstić information content (AvgIpc) is 2.55. The molecule has 2 aromatic rings. The third-order valence-corrected chi connectivity index (χ3v) is 3.76. The van der Waals surface area contributed by atoms with Crippen LogP contribution in [-0.4, -0.2) is 40.7 Å². The van der Waals surface area contributed by atoms with Crippen molar-refractivity contribution in [3.63, 3.8) is 0 Å². The van der Waals surface area contributed by atoms with Gasteiger partial charge in [0.25, 0.3) is 11.5 Å². The summed E-state index contributed by atoms with van der Waals surface area (Å²) in [4.78, 5) is 24.8. The van der Waals surface area contributed by atoms with Gasteiger partial charge >= 0.3 is 0 Å². The van der Waals surface area contributed by atoms with Crippen LogP contribution in [0, 0.1) is 0 Å². The first-order valence-electron chi connectivity index (χ1n) is 7.13. The van der Waals surface area contributed by atoms with E-state index >= 15 is 0 Å². The number of hydrogen-bond acceptors (Lipinski definition) is 4. The number of nitrogens with one attached hydrogen (secondary N) is 1. The molecule has 6 nitrogen and oxygen atoms in total. The number of ether oxygens (including phenoxy) is 1. The molecular weight excluding hydrogens is 282 g/mol. The lowest BCUT2D eigenvalue weighted by Gasteiger charge is -2.28. The summed E-state index contributed by atoms with van der Waals surface area (Å²) in [7, 11) is 1.71. The second-order valence-electron chi connectivity index (χ2n) is 5.40. The molecule has 0 unspecified atom stereocenters. The molecule has 1 atom stereocenters. The Morgan fingerprint density at radius 1 is 1.32 bits per heavy atom. The molecule has 1 aliphatic heterocycles. The Balaban J connectivity index is 1.65. The van der Waals surface area contributed by atoms with E-state index in [1.807, 2.05) is 12.1 Å². The lowest BCUT2D eigenvalue weighted by Crippen LogP contribution is -2.38. The molecule has 22 heavy (non-hydrogen) atoms. The number of aromatic nitrogens is 2. The minimum atomic E-state index is -0.327. The molecule has 0 saturated heterocycles. The fourth-order valence-electron chi connectivity index (χ4n) is 2.57. The molecule has 1 N–H and O–H groups in total. The van der Waals surface area contributed by atoms with E-state index in [0.29, 0.717) is 13.2 Å². The first-order chi connectivity index (χ1) is 10.6. The van der Waals surface area contributed by atoms with Gasteiger partial charge < -0.3 is 9.64 Å². The van der Waals surface area contributed by atoms with Gasteiger partial charge in [0.1, 0.15) is 5.69 Å². The number of carbonyl (C=O) groups excluding carboxylic acids is 1. The van der Waals surface area contributed by atoms with Gasteiger partial charge in [0.15, 0.2) is 0 Å². The van der Waals surface area contributed by atoms with Crippen LogP contribution in [0.5, 0.6) is 0 Å². The Bertz CT molecular complexity index is 721. The Kier molecular flexibility index (Phi) is 4.02. The van der Waals surface area contributed by atoms with Crippen LogP contribution in [0.4, 0.5) is 0 Å². The molecule has 1 aromatic heterocycles. The third-order valence-electron chi connectivity index (χ3n) is 3.76.